The molecule has 0 aliphatic rings. The van der Waals surface area contributed by atoms with Crippen molar-refractivity contribution in [3.05, 3.63) is 59.7 Å². The van der Waals surface area contributed by atoms with Crippen LogP contribution in [0.4, 0.5) is 0 Å². The lowest BCUT2D eigenvalue weighted by molar-refractivity contribution is 0.0502. The van der Waals surface area contributed by atoms with Gasteiger partial charge in [0.25, 0.3) is 0 Å². The first-order valence-electron chi connectivity index (χ1n) is 7.46. The van der Waals surface area contributed by atoms with Crippen LogP contribution in [0, 0.1) is 6.92 Å². The highest BCUT2D eigenvalue weighted by atomic mass is 32.2. The molecule has 1 N–H and O–H groups in total. The monoisotopic (exact) mass is 331 g/mol. The molecule has 0 fully saturated rings. The largest absolute Gasteiger partial charge is 0.497 e. The van der Waals surface area contributed by atoms with Crippen molar-refractivity contribution in [3.63, 3.8) is 0 Å². The summed E-state index contributed by atoms with van der Waals surface area (Å²) in [6.45, 7) is 3.22. The van der Waals surface area contributed by atoms with E-state index in [-0.39, 0.29) is 5.97 Å². The number of benzene rings is 2. The fourth-order valence-electron chi connectivity index (χ4n) is 1.88. The third-order valence-electron chi connectivity index (χ3n) is 3.17. The van der Waals surface area contributed by atoms with E-state index in [9.17, 15) is 4.79 Å². The smallest absolute Gasteiger partial charge is 0.338 e. The quantitative estimate of drug-likeness (QED) is 0.452. The van der Waals surface area contributed by atoms with Crippen molar-refractivity contribution in [2.75, 3.05) is 20.3 Å². The minimum Gasteiger partial charge on any atom is -0.497 e. The van der Waals surface area contributed by atoms with Gasteiger partial charge in [0.2, 0.25) is 0 Å². The summed E-state index contributed by atoms with van der Waals surface area (Å²) < 4.78 is 13.6. The fourth-order valence-corrected chi connectivity index (χ4v) is 2.57. The zero-order chi connectivity index (χ0) is 16.5. The van der Waals surface area contributed by atoms with Gasteiger partial charge in [-0.2, -0.15) is 0 Å². The van der Waals surface area contributed by atoms with Crippen molar-refractivity contribution < 1.29 is 14.3 Å². The zero-order valence-electron chi connectivity index (χ0n) is 13.4. The molecule has 5 heteroatoms. The fraction of sp³-hybridized carbons (Fsp3) is 0.278. The van der Waals surface area contributed by atoms with Crippen LogP contribution < -0.4 is 9.46 Å². The molecule has 0 aliphatic carbocycles. The molecule has 0 saturated heterocycles. The van der Waals surface area contributed by atoms with E-state index in [0.717, 1.165) is 13.0 Å². The van der Waals surface area contributed by atoms with Crippen LogP contribution in [0.15, 0.2) is 53.4 Å². The van der Waals surface area contributed by atoms with Crippen LogP contribution in [0.3, 0.4) is 0 Å². The maximum atomic E-state index is 11.9. The zero-order valence-corrected chi connectivity index (χ0v) is 14.2. The number of ether oxygens (including phenoxy) is 2. The lowest BCUT2D eigenvalue weighted by Gasteiger charge is -2.07. The van der Waals surface area contributed by atoms with Gasteiger partial charge in [-0.1, -0.05) is 23.8 Å². The minimum atomic E-state index is -0.324. The second-order valence-corrected chi connectivity index (χ2v) is 6.00. The van der Waals surface area contributed by atoms with Crippen molar-refractivity contribution in [3.8, 4) is 5.75 Å². The molecule has 0 aromatic heterocycles. The molecule has 122 valence electrons. The van der Waals surface area contributed by atoms with Gasteiger partial charge >= 0.3 is 5.97 Å². The molecular formula is C18H21NO3S. The SMILES string of the molecule is COc1cccc(C(=O)OCCCNSc2ccc(C)cc2)c1. The van der Waals surface area contributed by atoms with Crippen LogP contribution in [0.2, 0.25) is 0 Å². The van der Waals surface area contributed by atoms with E-state index in [4.69, 9.17) is 9.47 Å². The van der Waals surface area contributed by atoms with Crippen molar-refractivity contribution in [1.82, 2.24) is 4.72 Å². The molecule has 0 unspecified atom stereocenters. The van der Waals surface area contributed by atoms with E-state index in [2.05, 4.69) is 35.9 Å². The first-order chi connectivity index (χ1) is 11.2. The lowest BCUT2D eigenvalue weighted by Crippen LogP contribution is -2.12. The van der Waals surface area contributed by atoms with E-state index >= 15 is 0 Å². The molecular weight excluding hydrogens is 310 g/mol. The molecule has 0 aliphatic heterocycles. The molecule has 0 heterocycles. The summed E-state index contributed by atoms with van der Waals surface area (Å²) in [6, 6.07) is 15.3. The second kappa shape index (κ2) is 9.22. The van der Waals surface area contributed by atoms with Gasteiger partial charge in [0.15, 0.2) is 0 Å². The third kappa shape index (κ3) is 5.96. The Kier molecular flexibility index (Phi) is 6.97. The van der Waals surface area contributed by atoms with Crippen molar-refractivity contribution in [2.45, 2.75) is 18.2 Å². The third-order valence-corrected chi connectivity index (χ3v) is 4.03. The molecule has 0 saturated carbocycles. The van der Waals surface area contributed by atoms with Gasteiger partial charge in [0.05, 0.1) is 19.3 Å². The number of carbonyl (C=O) groups is 1. The summed E-state index contributed by atoms with van der Waals surface area (Å²) in [5.41, 5.74) is 1.75. The normalized spacial score (nSPS) is 10.3. The number of rotatable bonds is 8. The molecule has 2 aromatic carbocycles. The Balaban J connectivity index is 1.63. The molecule has 0 bridgehead atoms. The number of nitrogens with one attached hydrogen (secondary N) is 1. The molecule has 0 spiro atoms. The molecule has 2 aromatic rings. The van der Waals surface area contributed by atoms with Crippen molar-refractivity contribution in [1.29, 1.82) is 0 Å². The summed E-state index contributed by atoms with van der Waals surface area (Å²) in [5, 5.41) is 0. The predicted molar refractivity (Wildman–Crippen MR) is 92.9 cm³/mol. The van der Waals surface area contributed by atoms with Gasteiger partial charge in [0.1, 0.15) is 5.75 Å². The molecule has 4 nitrogen and oxygen atoms in total. The number of hydrogen-bond donors (Lipinski definition) is 1. The van der Waals surface area contributed by atoms with Crippen LogP contribution in [0.5, 0.6) is 5.75 Å². The van der Waals surface area contributed by atoms with Crippen LogP contribution in [-0.2, 0) is 4.74 Å². The van der Waals surface area contributed by atoms with Gasteiger partial charge < -0.3 is 9.47 Å². The van der Waals surface area contributed by atoms with Crippen LogP contribution >= 0.6 is 11.9 Å². The van der Waals surface area contributed by atoms with E-state index in [0.29, 0.717) is 17.9 Å². The maximum Gasteiger partial charge on any atom is 0.338 e. The van der Waals surface area contributed by atoms with E-state index < -0.39 is 0 Å². The first-order valence-corrected chi connectivity index (χ1v) is 8.28. The Morgan fingerprint density at radius 3 is 2.70 bits per heavy atom. The second-order valence-electron chi connectivity index (χ2n) is 5.03. The van der Waals surface area contributed by atoms with E-state index in [1.807, 2.05) is 0 Å². The number of carbonyl (C=O) groups excluding carboxylic acids is 1. The summed E-state index contributed by atoms with van der Waals surface area (Å²) in [7, 11) is 1.57. The van der Waals surface area contributed by atoms with E-state index in [1.165, 1.54) is 10.5 Å². The lowest BCUT2D eigenvalue weighted by atomic mass is 10.2. The van der Waals surface area contributed by atoms with Gasteiger partial charge in [-0.3, -0.25) is 4.72 Å². The Morgan fingerprint density at radius 2 is 1.96 bits per heavy atom. The molecule has 0 atom stereocenters. The topological polar surface area (TPSA) is 47.6 Å². The number of aryl methyl sites for hydroxylation is 1. The maximum absolute atomic E-state index is 11.9. The number of methoxy groups -OCH3 is 1. The van der Waals surface area contributed by atoms with E-state index in [1.54, 1.807) is 43.3 Å². The molecule has 23 heavy (non-hydrogen) atoms. The molecule has 0 radical (unpaired) electrons. The highest BCUT2D eigenvalue weighted by Gasteiger charge is 2.07. The summed E-state index contributed by atoms with van der Waals surface area (Å²) in [6.07, 6.45) is 0.759. The highest BCUT2D eigenvalue weighted by Crippen LogP contribution is 2.15. The Morgan fingerprint density at radius 1 is 1.17 bits per heavy atom. The predicted octanol–water partition coefficient (Wildman–Crippen LogP) is 3.85. The first kappa shape index (κ1) is 17.4. The highest BCUT2D eigenvalue weighted by molar-refractivity contribution is 7.97. The van der Waals surface area contributed by atoms with Gasteiger partial charge in [-0.15, -0.1) is 0 Å². The van der Waals surface area contributed by atoms with Crippen LogP contribution in [-0.4, -0.2) is 26.2 Å². The minimum absolute atomic E-state index is 0.324. The van der Waals surface area contributed by atoms with Gasteiger partial charge in [0, 0.05) is 11.4 Å². The number of esters is 1. The van der Waals surface area contributed by atoms with Gasteiger partial charge in [-0.05, 0) is 55.6 Å². The summed E-state index contributed by atoms with van der Waals surface area (Å²) in [4.78, 5) is 13.1. The standard InChI is InChI=1S/C18H21NO3S/c1-14-7-9-17(10-8-14)23-19-11-4-12-22-18(20)15-5-3-6-16(13-15)21-2/h3,5-10,13,19H,4,11-12H2,1-2H3. The Hall–Kier alpha value is -1.98. The Labute approximate surface area is 141 Å². The van der Waals surface area contributed by atoms with Gasteiger partial charge in [-0.25, -0.2) is 4.79 Å². The van der Waals surface area contributed by atoms with Crippen molar-refractivity contribution in [2.24, 2.45) is 0 Å². The summed E-state index contributed by atoms with van der Waals surface area (Å²) >= 11 is 1.58. The van der Waals surface area contributed by atoms with Crippen LogP contribution in [0.25, 0.3) is 0 Å². The molecule has 2 rings (SSSR count). The molecule has 0 amide bonds. The van der Waals surface area contributed by atoms with Crippen LogP contribution in [0.1, 0.15) is 22.3 Å². The Bertz CT molecular complexity index is 628. The average molecular weight is 331 g/mol. The summed E-state index contributed by atoms with van der Waals surface area (Å²) in [5.74, 6) is 0.325. The number of hydrogen-bond acceptors (Lipinski definition) is 5. The average Bonchev–Trinajstić information content (AvgIpc) is 2.59. The van der Waals surface area contributed by atoms with Crippen molar-refractivity contribution >= 4 is 17.9 Å².